The average molecular weight is 460 g/mol. The van der Waals surface area contributed by atoms with E-state index in [1.54, 1.807) is 0 Å². The van der Waals surface area contributed by atoms with Gasteiger partial charge in [-0.3, -0.25) is 0 Å². The number of hydrogen-bond acceptors (Lipinski definition) is 1. The highest BCUT2D eigenvalue weighted by molar-refractivity contribution is 15.0. The number of halogens is 2. The minimum Gasteiger partial charge on any atom is -0.507 e. The first-order valence-corrected chi connectivity index (χ1v) is 11.9. The number of phenols is 1. The Morgan fingerprint density at radius 2 is 1.12 bits per heavy atom. The van der Waals surface area contributed by atoms with Crippen molar-refractivity contribution in [3.05, 3.63) is 27.8 Å². The van der Waals surface area contributed by atoms with Crippen LogP contribution in [0, 0.1) is 27.7 Å². The third-order valence-corrected chi connectivity index (χ3v) is 3.40. The molecule has 0 bridgehead atoms. The number of rotatable bonds is 0. The second kappa shape index (κ2) is 6.59. The highest BCUT2D eigenvalue weighted by Crippen LogP contribution is 2.39. The number of phenolic OH excluding ortho intramolecular Hbond substituents is 1. The molecule has 3 heteroatoms. The maximum Gasteiger partial charge on any atom is 0.122 e. The Bertz CT molecular complexity index is 375. The van der Waals surface area contributed by atoms with Gasteiger partial charge in [-0.25, -0.2) is 0 Å². The van der Waals surface area contributed by atoms with Gasteiger partial charge in [-0.2, -0.15) is 0 Å². The van der Waals surface area contributed by atoms with E-state index in [2.05, 4.69) is 78.8 Å². The fraction of sp³-hybridized carbons (Fsp3) is 0.571. The SMILES string of the molecule is Cc1c(C)c(C)c(C(C)(C)C)c(O)c1C.II. The molecule has 1 aromatic carbocycles. The maximum atomic E-state index is 10.2. The number of benzene rings is 1. The summed E-state index contributed by atoms with van der Waals surface area (Å²) in [4.78, 5) is 0. The lowest BCUT2D eigenvalue weighted by molar-refractivity contribution is 0.440. The Morgan fingerprint density at radius 3 is 1.47 bits per heavy atom. The van der Waals surface area contributed by atoms with E-state index in [1.807, 2.05) is 6.92 Å². The molecule has 0 aliphatic heterocycles. The molecule has 0 saturated carbocycles. The van der Waals surface area contributed by atoms with Gasteiger partial charge in [-0.05, 0) is 55.4 Å². The summed E-state index contributed by atoms with van der Waals surface area (Å²) in [5.74, 6) is 0.475. The first kappa shape index (κ1) is 17.5. The lowest BCUT2D eigenvalue weighted by atomic mass is 9.79. The van der Waals surface area contributed by atoms with Crippen LogP contribution in [0.3, 0.4) is 0 Å². The van der Waals surface area contributed by atoms with Crippen molar-refractivity contribution in [2.45, 2.75) is 53.9 Å². The molecule has 0 aromatic heterocycles. The van der Waals surface area contributed by atoms with Gasteiger partial charge in [-0.1, -0.05) is 20.8 Å². The number of aromatic hydroxyl groups is 1. The predicted molar refractivity (Wildman–Crippen MR) is 93.8 cm³/mol. The third-order valence-electron chi connectivity index (χ3n) is 3.40. The van der Waals surface area contributed by atoms with Gasteiger partial charge in [0.15, 0.2) is 0 Å². The zero-order chi connectivity index (χ0) is 14.0. The summed E-state index contributed by atoms with van der Waals surface area (Å²) in [6.45, 7) is 14.7. The molecular weight excluding hydrogens is 438 g/mol. The molecule has 0 aliphatic rings. The molecule has 17 heavy (non-hydrogen) atoms. The lowest BCUT2D eigenvalue weighted by Gasteiger charge is -2.26. The Balaban J connectivity index is 0.00000121. The van der Waals surface area contributed by atoms with Crippen molar-refractivity contribution >= 4 is 37.2 Å². The molecule has 0 unspecified atom stereocenters. The molecule has 0 atom stereocenters. The predicted octanol–water partition coefficient (Wildman–Crippen LogP) is 5.69. The molecule has 1 rings (SSSR count). The number of hydrogen-bond donors (Lipinski definition) is 1. The Morgan fingerprint density at radius 1 is 0.765 bits per heavy atom. The van der Waals surface area contributed by atoms with Crippen LogP contribution >= 0.6 is 37.2 Å². The van der Waals surface area contributed by atoms with Crippen molar-refractivity contribution in [3.8, 4) is 5.75 Å². The monoisotopic (exact) mass is 460 g/mol. The van der Waals surface area contributed by atoms with Crippen LogP contribution in [0.4, 0.5) is 0 Å². The summed E-state index contributed by atoms with van der Waals surface area (Å²) in [7, 11) is 0. The van der Waals surface area contributed by atoms with Gasteiger partial charge in [0.25, 0.3) is 0 Å². The lowest BCUT2D eigenvalue weighted by Crippen LogP contribution is -2.15. The van der Waals surface area contributed by atoms with Gasteiger partial charge in [0.05, 0.1) is 0 Å². The minimum atomic E-state index is -0.00259. The van der Waals surface area contributed by atoms with Gasteiger partial charge in [0.1, 0.15) is 5.75 Å². The van der Waals surface area contributed by atoms with Crippen LogP contribution in [0.15, 0.2) is 0 Å². The molecule has 1 nitrogen and oxygen atoms in total. The van der Waals surface area contributed by atoms with Gasteiger partial charge in [0.2, 0.25) is 0 Å². The molecule has 1 N–H and O–H groups in total. The molecule has 0 radical (unpaired) electrons. The first-order chi connectivity index (χ1) is 7.68. The van der Waals surface area contributed by atoms with E-state index in [9.17, 15) is 5.11 Å². The fourth-order valence-electron chi connectivity index (χ4n) is 2.21. The second-order valence-electron chi connectivity index (χ2n) is 5.47. The van der Waals surface area contributed by atoms with Crippen molar-refractivity contribution in [2.24, 2.45) is 0 Å². The van der Waals surface area contributed by atoms with Crippen LogP contribution in [0.5, 0.6) is 5.75 Å². The average Bonchev–Trinajstić information content (AvgIpc) is 2.25. The van der Waals surface area contributed by atoms with Crippen LogP contribution in [0.1, 0.15) is 48.6 Å². The molecule has 98 valence electrons. The molecule has 0 fully saturated rings. The van der Waals surface area contributed by atoms with Crippen molar-refractivity contribution in [2.75, 3.05) is 0 Å². The molecule has 0 aliphatic carbocycles. The van der Waals surface area contributed by atoms with Crippen LogP contribution < -0.4 is 0 Å². The summed E-state index contributed by atoms with van der Waals surface area (Å²) in [5, 5.41) is 10.2. The smallest absolute Gasteiger partial charge is 0.122 e. The molecule has 0 amide bonds. The third kappa shape index (κ3) is 3.72. The summed E-state index contributed by atoms with van der Waals surface area (Å²) in [6, 6.07) is 0. The molecule has 0 spiro atoms. The van der Waals surface area contributed by atoms with E-state index in [1.165, 1.54) is 16.7 Å². The van der Waals surface area contributed by atoms with Crippen molar-refractivity contribution in [1.82, 2.24) is 0 Å². The van der Waals surface area contributed by atoms with E-state index in [-0.39, 0.29) is 5.41 Å². The zero-order valence-corrected chi connectivity index (χ0v) is 16.0. The zero-order valence-electron chi connectivity index (χ0n) is 11.7. The van der Waals surface area contributed by atoms with Crippen LogP contribution in [-0.2, 0) is 5.41 Å². The van der Waals surface area contributed by atoms with Crippen molar-refractivity contribution in [1.29, 1.82) is 0 Å². The van der Waals surface area contributed by atoms with E-state index >= 15 is 0 Å². The second-order valence-corrected chi connectivity index (χ2v) is 5.47. The Kier molecular flexibility index (Phi) is 6.78. The summed E-state index contributed by atoms with van der Waals surface area (Å²) >= 11 is 4.24. The summed E-state index contributed by atoms with van der Waals surface area (Å²) in [5.41, 5.74) is 5.83. The highest BCUT2D eigenvalue weighted by Gasteiger charge is 2.24. The molecular formula is C14H22I2O. The Hall–Kier alpha value is 0.480. The van der Waals surface area contributed by atoms with Crippen LogP contribution in [0.25, 0.3) is 0 Å². The van der Waals surface area contributed by atoms with Gasteiger partial charge < -0.3 is 5.11 Å². The summed E-state index contributed by atoms with van der Waals surface area (Å²) in [6.07, 6.45) is 0. The molecule has 0 heterocycles. The summed E-state index contributed by atoms with van der Waals surface area (Å²) < 4.78 is 0. The first-order valence-electron chi connectivity index (χ1n) is 5.62. The van der Waals surface area contributed by atoms with Crippen molar-refractivity contribution in [3.63, 3.8) is 0 Å². The quantitative estimate of drug-likeness (QED) is 0.493. The fourth-order valence-corrected chi connectivity index (χ4v) is 2.21. The molecule has 1 aromatic rings. The van der Waals surface area contributed by atoms with E-state index < -0.39 is 0 Å². The largest absolute Gasteiger partial charge is 0.507 e. The van der Waals surface area contributed by atoms with Gasteiger partial charge >= 0.3 is 0 Å². The van der Waals surface area contributed by atoms with E-state index in [4.69, 9.17) is 0 Å². The van der Waals surface area contributed by atoms with E-state index in [0.717, 1.165) is 11.1 Å². The maximum absolute atomic E-state index is 10.2. The van der Waals surface area contributed by atoms with Gasteiger partial charge in [-0.15, -0.1) is 0 Å². The van der Waals surface area contributed by atoms with Crippen molar-refractivity contribution < 1.29 is 5.11 Å². The highest BCUT2D eigenvalue weighted by atomic mass is 128. The normalized spacial score (nSPS) is 10.9. The molecule has 0 saturated heterocycles. The van der Waals surface area contributed by atoms with Crippen LogP contribution in [-0.4, -0.2) is 5.11 Å². The Labute approximate surface area is 129 Å². The van der Waals surface area contributed by atoms with Crippen LogP contribution in [0.2, 0.25) is 0 Å². The minimum absolute atomic E-state index is 0.00259. The van der Waals surface area contributed by atoms with Gasteiger partial charge in [0, 0.05) is 42.8 Å². The van der Waals surface area contributed by atoms with E-state index in [0.29, 0.717) is 5.75 Å². The topological polar surface area (TPSA) is 20.2 Å². The standard InChI is InChI=1S/C14H22O.I2/c1-8-9(2)11(4)13(15)12(10(8)3)14(5,6)7;1-2/h15H,1-7H3;.